The van der Waals surface area contributed by atoms with Gasteiger partial charge in [-0.05, 0) is 63.0 Å². The maximum atomic E-state index is 15.1. The van der Waals surface area contributed by atoms with Crippen molar-refractivity contribution in [3.05, 3.63) is 241 Å². The molecule has 0 radical (unpaired) electrons. The Hall–Kier alpha value is -5.81. The van der Waals surface area contributed by atoms with Crippen LogP contribution < -0.4 is 0 Å². The number of rotatable bonds is 2. The van der Waals surface area contributed by atoms with Gasteiger partial charge in [-0.3, -0.25) is 9.59 Å². The molecule has 0 saturated heterocycles. The minimum absolute atomic E-state index is 0.0392. The van der Waals surface area contributed by atoms with Crippen molar-refractivity contribution in [3.8, 4) is 0 Å². The summed E-state index contributed by atoms with van der Waals surface area (Å²) >= 11 is 8.51. The van der Waals surface area contributed by atoms with Crippen molar-refractivity contribution in [1.82, 2.24) is 0 Å². The molecule has 7 aromatic carbocycles. The first kappa shape index (κ1) is 50.1. The molecule has 4 nitrogen and oxygen atoms in total. The summed E-state index contributed by atoms with van der Waals surface area (Å²) in [7, 11) is 0. The van der Waals surface area contributed by atoms with Gasteiger partial charge in [0.1, 0.15) is 11.2 Å². The molecule has 2 aliphatic carbocycles. The van der Waals surface area contributed by atoms with Crippen LogP contribution in [0.3, 0.4) is 0 Å². The molecule has 2 N–H and O–H groups in total. The van der Waals surface area contributed by atoms with Crippen LogP contribution in [0.2, 0.25) is 0 Å². The van der Waals surface area contributed by atoms with Gasteiger partial charge in [-0.25, -0.2) is 65.9 Å². The molecule has 0 aliphatic heterocycles. The molecule has 68 heavy (non-hydrogen) atoms. The minimum atomic E-state index is -3.35. The van der Waals surface area contributed by atoms with Crippen LogP contribution in [-0.2, 0) is 11.2 Å². The molecule has 0 spiro atoms. The molecule has 0 heterocycles. The van der Waals surface area contributed by atoms with Crippen LogP contribution in [0.5, 0.6) is 0 Å². The van der Waals surface area contributed by atoms with E-state index in [1.165, 1.54) is 0 Å². The number of halogens is 18. The Morgan fingerprint density at radius 2 is 0.618 bits per heavy atom. The summed E-state index contributed by atoms with van der Waals surface area (Å²) in [4.78, 5) is 24.4. The minimum Gasteiger partial charge on any atom is -0.376 e. The number of hydrogen-bond donors (Lipinski definition) is 2. The SMILES string of the molecule is Fc1c(F)c(F)c(Br)c(F)c1F.O=C1c2ccccc2C(=O)c2cc(Br)ccc21.OC1(c2c(F)c(F)c(F)c(F)c2F)c2ccccc2C(O)(c2c(F)c(F)c(F)c(F)c2F)c2cc(Br)ccc21. The van der Waals surface area contributed by atoms with Gasteiger partial charge in [-0.1, -0.05) is 86.5 Å². The van der Waals surface area contributed by atoms with Crippen LogP contribution in [0.15, 0.2) is 98.3 Å². The second-order valence-corrected chi connectivity index (χ2v) is 16.9. The largest absolute Gasteiger partial charge is 0.376 e. The van der Waals surface area contributed by atoms with Crippen molar-refractivity contribution in [3.63, 3.8) is 0 Å². The fourth-order valence-electron chi connectivity index (χ4n) is 7.57. The van der Waals surface area contributed by atoms with E-state index in [2.05, 4.69) is 47.8 Å². The third-order valence-electron chi connectivity index (χ3n) is 10.7. The first-order valence-corrected chi connectivity index (χ1v) is 20.8. The van der Waals surface area contributed by atoms with Crippen molar-refractivity contribution >= 4 is 59.4 Å². The fraction of sp³-hybridized carbons (Fsp3) is 0.0435. The fourth-order valence-corrected chi connectivity index (χ4v) is 8.64. The standard InChI is InChI=1S/C26H9BrF10O2.C14H7BrO2.C6BrF5/c27-8-5-6-11-12(7-8)26(39,14-17(30)21(34)24(37)22(35)18(14)31)10-4-2-1-3-9(10)25(11,38)13-15(28)19(32)23(36)20(33)16(13)29;15-8-5-6-11-12(7-8)14(17)10-4-2-1-3-9(10)13(11)16;7-1-2(8)4(10)6(12)5(11)3(1)9/h1-7,38-39H;1-7H;. The van der Waals surface area contributed by atoms with Crippen LogP contribution >= 0.6 is 47.8 Å². The smallest absolute Gasteiger partial charge is 0.200 e. The highest BCUT2D eigenvalue weighted by Gasteiger charge is 2.56. The lowest BCUT2D eigenvalue weighted by Crippen LogP contribution is -2.46. The van der Waals surface area contributed by atoms with E-state index < -0.39 is 136 Å². The number of carbonyl (C=O) groups is 2. The summed E-state index contributed by atoms with van der Waals surface area (Å²) in [6, 6.07) is 18.6. The summed E-state index contributed by atoms with van der Waals surface area (Å²) in [5.41, 5.74) is -11.9. The van der Waals surface area contributed by atoms with Crippen LogP contribution in [0.4, 0.5) is 65.9 Å². The zero-order valence-electron chi connectivity index (χ0n) is 32.6. The molecule has 0 fully saturated rings. The molecule has 2 unspecified atom stereocenters. The summed E-state index contributed by atoms with van der Waals surface area (Å²) in [5, 5.41) is 23.7. The molecular weight excluding hydrogens is 1140 g/mol. The Bertz CT molecular complexity index is 3170. The van der Waals surface area contributed by atoms with Crippen molar-refractivity contribution in [1.29, 1.82) is 0 Å². The van der Waals surface area contributed by atoms with E-state index in [1.54, 1.807) is 42.5 Å². The first-order valence-electron chi connectivity index (χ1n) is 18.4. The lowest BCUT2D eigenvalue weighted by molar-refractivity contribution is 0.0638. The van der Waals surface area contributed by atoms with Gasteiger partial charge >= 0.3 is 0 Å². The predicted octanol–water partition coefficient (Wildman–Crippen LogP) is 13.1. The Morgan fingerprint density at radius 3 is 1.04 bits per heavy atom. The number of ketones is 2. The molecule has 9 rings (SSSR count). The summed E-state index contributed by atoms with van der Waals surface area (Å²) in [5.74, 6) is -34.7. The Balaban J connectivity index is 0.000000191. The number of benzene rings is 7. The maximum absolute atomic E-state index is 15.1. The third-order valence-corrected chi connectivity index (χ3v) is 12.3. The van der Waals surface area contributed by atoms with Crippen molar-refractivity contribution in [2.75, 3.05) is 0 Å². The number of hydrogen-bond acceptors (Lipinski definition) is 4. The normalized spacial score (nSPS) is 16.7. The van der Waals surface area contributed by atoms with Gasteiger partial charge < -0.3 is 10.2 Å². The van der Waals surface area contributed by atoms with E-state index in [-0.39, 0.29) is 16.0 Å². The van der Waals surface area contributed by atoms with Gasteiger partial charge in [0.05, 0.1) is 15.6 Å². The van der Waals surface area contributed by atoms with E-state index in [0.29, 0.717) is 22.3 Å². The topological polar surface area (TPSA) is 74.6 Å². The van der Waals surface area contributed by atoms with Gasteiger partial charge in [0.2, 0.25) is 17.5 Å². The highest BCUT2D eigenvalue weighted by Crippen LogP contribution is 2.56. The summed E-state index contributed by atoms with van der Waals surface area (Å²) in [6.07, 6.45) is 0. The molecule has 0 aromatic heterocycles. The molecule has 350 valence electrons. The van der Waals surface area contributed by atoms with Crippen LogP contribution in [0.25, 0.3) is 0 Å². The number of aliphatic hydroxyl groups is 2. The Labute approximate surface area is 395 Å². The van der Waals surface area contributed by atoms with E-state index in [9.17, 15) is 68.1 Å². The molecular formula is C46H16Br3F15O4. The quantitative estimate of drug-likeness (QED) is 0.103. The monoisotopic (exact) mass is 1150 g/mol. The van der Waals surface area contributed by atoms with Crippen molar-refractivity contribution < 1.29 is 85.7 Å². The van der Waals surface area contributed by atoms with Crippen molar-refractivity contribution in [2.45, 2.75) is 11.2 Å². The molecule has 0 amide bonds. The first-order chi connectivity index (χ1) is 31.8. The zero-order valence-corrected chi connectivity index (χ0v) is 37.4. The van der Waals surface area contributed by atoms with Gasteiger partial charge in [-0.15, -0.1) is 0 Å². The highest BCUT2D eigenvalue weighted by atomic mass is 79.9. The van der Waals surface area contributed by atoms with Crippen molar-refractivity contribution in [2.24, 2.45) is 0 Å². The average molecular weight is 1160 g/mol. The van der Waals surface area contributed by atoms with Gasteiger partial charge in [-0.2, -0.15) is 0 Å². The van der Waals surface area contributed by atoms with Gasteiger partial charge in [0.25, 0.3) is 0 Å². The zero-order chi connectivity index (χ0) is 50.2. The van der Waals surface area contributed by atoms with E-state index >= 15 is 17.6 Å². The summed E-state index contributed by atoms with van der Waals surface area (Å²) < 4.78 is 206. The van der Waals surface area contributed by atoms with Gasteiger partial charge in [0, 0.05) is 36.8 Å². The molecule has 0 saturated carbocycles. The summed E-state index contributed by atoms with van der Waals surface area (Å²) in [6.45, 7) is 0. The molecule has 0 bridgehead atoms. The molecule has 2 aliphatic rings. The lowest BCUT2D eigenvalue weighted by Gasteiger charge is -2.45. The number of fused-ring (bicyclic) bond motifs is 4. The number of carbonyl (C=O) groups excluding carboxylic acids is 2. The predicted molar refractivity (Wildman–Crippen MR) is 219 cm³/mol. The molecule has 2 atom stereocenters. The highest BCUT2D eigenvalue weighted by molar-refractivity contribution is 9.11. The molecule has 22 heteroatoms. The average Bonchev–Trinajstić information content (AvgIpc) is 3.33. The van der Waals surface area contributed by atoms with Gasteiger partial charge in [0.15, 0.2) is 81.4 Å². The van der Waals surface area contributed by atoms with Crippen LogP contribution in [0, 0.1) is 87.3 Å². The van der Waals surface area contributed by atoms with E-state index in [1.807, 2.05) is 0 Å². The van der Waals surface area contributed by atoms with E-state index in [0.717, 1.165) is 46.9 Å². The Kier molecular flexibility index (Phi) is 13.4. The maximum Gasteiger partial charge on any atom is 0.200 e. The van der Waals surface area contributed by atoms with Crippen LogP contribution in [-0.4, -0.2) is 21.8 Å². The van der Waals surface area contributed by atoms with Crippen LogP contribution in [0.1, 0.15) is 65.2 Å². The molecule has 7 aromatic rings. The van der Waals surface area contributed by atoms with E-state index in [4.69, 9.17) is 0 Å². The Morgan fingerprint density at radius 1 is 0.324 bits per heavy atom. The lowest BCUT2D eigenvalue weighted by atomic mass is 9.63. The second-order valence-electron chi connectivity index (χ2n) is 14.3. The third kappa shape index (κ3) is 7.64. The second kappa shape index (κ2) is 18.3.